The van der Waals surface area contributed by atoms with Crippen molar-refractivity contribution in [1.82, 2.24) is 9.78 Å². The van der Waals surface area contributed by atoms with Crippen molar-refractivity contribution in [3.05, 3.63) is 62.6 Å². The molecule has 0 radical (unpaired) electrons. The van der Waals surface area contributed by atoms with Gasteiger partial charge in [0.25, 0.3) is 0 Å². The van der Waals surface area contributed by atoms with Crippen LogP contribution in [0.4, 0.5) is 4.39 Å². The van der Waals surface area contributed by atoms with Crippen LogP contribution in [0.15, 0.2) is 42.6 Å². The van der Waals surface area contributed by atoms with E-state index in [1.54, 1.807) is 23.0 Å². The van der Waals surface area contributed by atoms with Crippen LogP contribution in [0.1, 0.15) is 5.56 Å². The van der Waals surface area contributed by atoms with Crippen molar-refractivity contribution in [3.8, 4) is 0 Å². The first-order chi connectivity index (χ1) is 9.15. The van der Waals surface area contributed by atoms with Gasteiger partial charge in [0.1, 0.15) is 5.82 Å². The van der Waals surface area contributed by atoms with Crippen molar-refractivity contribution in [2.24, 2.45) is 0 Å². The first-order valence-corrected chi connectivity index (χ1v) is 7.15. The molecule has 5 heteroatoms. The van der Waals surface area contributed by atoms with Crippen LogP contribution in [0.2, 0.25) is 5.02 Å². The van der Waals surface area contributed by atoms with Gasteiger partial charge in [0, 0.05) is 19.5 Å². The topological polar surface area (TPSA) is 17.8 Å². The SMILES string of the molecule is Fc1cccc(Cl)c1Cn1ncc2ccc(I)cc21. The second-order valence-electron chi connectivity index (χ2n) is 4.21. The zero-order valence-electron chi connectivity index (χ0n) is 9.78. The lowest BCUT2D eigenvalue weighted by Crippen LogP contribution is -2.04. The summed E-state index contributed by atoms with van der Waals surface area (Å²) < 4.78 is 16.7. The lowest BCUT2D eigenvalue weighted by molar-refractivity contribution is 0.590. The van der Waals surface area contributed by atoms with E-state index in [4.69, 9.17) is 11.6 Å². The van der Waals surface area contributed by atoms with Gasteiger partial charge in [-0.05, 0) is 46.9 Å². The molecule has 0 saturated heterocycles. The van der Waals surface area contributed by atoms with E-state index in [9.17, 15) is 4.39 Å². The van der Waals surface area contributed by atoms with Crippen LogP contribution in [-0.2, 0) is 6.54 Å². The Hall–Kier alpha value is -1.14. The molecule has 3 aromatic rings. The van der Waals surface area contributed by atoms with Crippen LogP contribution in [0.3, 0.4) is 0 Å². The Labute approximate surface area is 128 Å². The van der Waals surface area contributed by atoms with E-state index < -0.39 is 0 Å². The van der Waals surface area contributed by atoms with Crippen molar-refractivity contribution in [1.29, 1.82) is 0 Å². The minimum Gasteiger partial charge on any atom is -0.260 e. The van der Waals surface area contributed by atoms with E-state index in [2.05, 4.69) is 27.7 Å². The summed E-state index contributed by atoms with van der Waals surface area (Å²) in [5.41, 5.74) is 1.44. The van der Waals surface area contributed by atoms with Crippen LogP contribution in [0.5, 0.6) is 0 Å². The maximum absolute atomic E-state index is 13.8. The molecule has 0 atom stereocenters. The van der Waals surface area contributed by atoms with Gasteiger partial charge in [0.15, 0.2) is 0 Å². The molecule has 0 bridgehead atoms. The van der Waals surface area contributed by atoms with E-state index in [1.807, 2.05) is 18.2 Å². The third-order valence-electron chi connectivity index (χ3n) is 2.98. The average Bonchev–Trinajstić information content (AvgIpc) is 2.76. The fourth-order valence-electron chi connectivity index (χ4n) is 2.00. The first-order valence-electron chi connectivity index (χ1n) is 5.69. The minimum absolute atomic E-state index is 0.304. The van der Waals surface area contributed by atoms with Gasteiger partial charge in [0.05, 0.1) is 18.3 Å². The quantitative estimate of drug-likeness (QED) is 0.594. The first kappa shape index (κ1) is 12.9. The number of nitrogens with zero attached hydrogens (tertiary/aromatic N) is 2. The highest BCUT2D eigenvalue weighted by molar-refractivity contribution is 14.1. The van der Waals surface area contributed by atoms with Crippen LogP contribution < -0.4 is 0 Å². The molecule has 96 valence electrons. The third kappa shape index (κ3) is 2.47. The molecular formula is C14H9ClFIN2. The molecule has 2 nitrogen and oxygen atoms in total. The summed E-state index contributed by atoms with van der Waals surface area (Å²) in [6.45, 7) is 0.328. The largest absolute Gasteiger partial charge is 0.260 e. The van der Waals surface area contributed by atoms with Gasteiger partial charge in [0.2, 0.25) is 0 Å². The fraction of sp³-hybridized carbons (Fsp3) is 0.0714. The van der Waals surface area contributed by atoms with Gasteiger partial charge in [-0.15, -0.1) is 0 Å². The normalized spacial score (nSPS) is 11.1. The van der Waals surface area contributed by atoms with E-state index in [0.717, 1.165) is 14.5 Å². The molecule has 1 aromatic heterocycles. The van der Waals surface area contributed by atoms with Crippen molar-refractivity contribution in [2.75, 3.05) is 0 Å². The average molecular weight is 387 g/mol. The number of benzene rings is 2. The fourth-order valence-corrected chi connectivity index (χ4v) is 2.70. The summed E-state index contributed by atoms with van der Waals surface area (Å²) in [6.07, 6.45) is 1.78. The smallest absolute Gasteiger partial charge is 0.129 e. The van der Waals surface area contributed by atoms with Crippen molar-refractivity contribution >= 4 is 45.1 Å². The molecule has 0 fully saturated rings. The molecule has 0 saturated carbocycles. The molecule has 19 heavy (non-hydrogen) atoms. The molecule has 3 rings (SSSR count). The highest BCUT2D eigenvalue weighted by Gasteiger charge is 2.10. The van der Waals surface area contributed by atoms with Crippen molar-refractivity contribution in [2.45, 2.75) is 6.54 Å². The molecule has 0 N–H and O–H groups in total. The third-order valence-corrected chi connectivity index (χ3v) is 4.00. The molecule has 2 aromatic carbocycles. The Bertz CT molecular complexity index is 734. The number of halogens is 3. The van der Waals surface area contributed by atoms with Crippen molar-refractivity contribution in [3.63, 3.8) is 0 Å². The number of fused-ring (bicyclic) bond motifs is 1. The van der Waals surface area contributed by atoms with Crippen LogP contribution in [0.25, 0.3) is 10.9 Å². The zero-order valence-corrected chi connectivity index (χ0v) is 12.7. The zero-order chi connectivity index (χ0) is 13.4. The summed E-state index contributed by atoms with van der Waals surface area (Å²) in [5, 5.41) is 5.76. The molecule has 0 unspecified atom stereocenters. The second-order valence-corrected chi connectivity index (χ2v) is 5.86. The van der Waals surface area contributed by atoms with E-state index in [0.29, 0.717) is 17.1 Å². The second kappa shape index (κ2) is 5.09. The number of rotatable bonds is 2. The number of hydrogen-bond donors (Lipinski definition) is 0. The van der Waals surface area contributed by atoms with Gasteiger partial charge in [-0.1, -0.05) is 23.7 Å². The van der Waals surface area contributed by atoms with Gasteiger partial charge in [-0.3, -0.25) is 4.68 Å². The van der Waals surface area contributed by atoms with Crippen LogP contribution in [-0.4, -0.2) is 9.78 Å². The maximum Gasteiger partial charge on any atom is 0.129 e. The standard InChI is InChI=1S/C14H9ClFIN2/c15-12-2-1-3-13(16)11(12)8-19-14-6-10(17)5-4-9(14)7-18-19/h1-7H,8H2. The van der Waals surface area contributed by atoms with Crippen LogP contribution in [0, 0.1) is 9.39 Å². The van der Waals surface area contributed by atoms with E-state index >= 15 is 0 Å². The Morgan fingerprint density at radius 2 is 2.11 bits per heavy atom. The van der Waals surface area contributed by atoms with Gasteiger partial charge in [-0.2, -0.15) is 5.10 Å². The number of hydrogen-bond acceptors (Lipinski definition) is 1. The monoisotopic (exact) mass is 386 g/mol. The lowest BCUT2D eigenvalue weighted by atomic mass is 10.2. The Kier molecular flexibility index (Phi) is 3.45. The molecule has 0 aliphatic rings. The maximum atomic E-state index is 13.8. The molecule has 0 aliphatic carbocycles. The minimum atomic E-state index is -0.304. The summed E-state index contributed by atoms with van der Waals surface area (Å²) in [4.78, 5) is 0. The number of aromatic nitrogens is 2. The van der Waals surface area contributed by atoms with Gasteiger partial charge < -0.3 is 0 Å². The molecular weight excluding hydrogens is 378 g/mol. The highest BCUT2D eigenvalue weighted by Crippen LogP contribution is 2.23. The van der Waals surface area contributed by atoms with E-state index in [1.165, 1.54) is 6.07 Å². The van der Waals surface area contributed by atoms with Crippen LogP contribution >= 0.6 is 34.2 Å². The molecule has 1 heterocycles. The molecule has 0 aliphatic heterocycles. The molecule has 0 spiro atoms. The predicted octanol–water partition coefficient (Wildman–Crippen LogP) is 4.48. The lowest BCUT2D eigenvalue weighted by Gasteiger charge is -2.07. The van der Waals surface area contributed by atoms with Gasteiger partial charge in [-0.25, -0.2) is 4.39 Å². The summed E-state index contributed by atoms with van der Waals surface area (Å²) in [6, 6.07) is 10.8. The Morgan fingerprint density at radius 1 is 1.26 bits per heavy atom. The van der Waals surface area contributed by atoms with Gasteiger partial charge >= 0.3 is 0 Å². The summed E-state index contributed by atoms with van der Waals surface area (Å²) >= 11 is 8.29. The highest BCUT2D eigenvalue weighted by atomic mass is 127. The van der Waals surface area contributed by atoms with Crippen molar-refractivity contribution < 1.29 is 4.39 Å². The molecule has 0 amide bonds. The summed E-state index contributed by atoms with van der Waals surface area (Å²) in [5.74, 6) is -0.304. The summed E-state index contributed by atoms with van der Waals surface area (Å²) in [7, 11) is 0. The Morgan fingerprint density at radius 3 is 2.89 bits per heavy atom. The predicted molar refractivity (Wildman–Crippen MR) is 83.0 cm³/mol. The Balaban J connectivity index is 2.08. The van der Waals surface area contributed by atoms with E-state index in [-0.39, 0.29) is 5.82 Å².